The highest BCUT2D eigenvalue weighted by Gasteiger charge is 2.04. The first-order chi connectivity index (χ1) is 32.8. The molecule has 336 valence electrons. The average Bonchev–Trinajstić information content (AvgIpc) is 3.37. The third-order valence-electron chi connectivity index (χ3n) is 12.1. The molecule has 0 saturated carbocycles. The monoisotopic (exact) mass is 873 g/mol. The molecule has 0 aliphatic carbocycles. The molecule has 0 saturated heterocycles. The summed E-state index contributed by atoms with van der Waals surface area (Å²) in [6.07, 6.45) is 0. The van der Waals surface area contributed by atoms with Crippen molar-refractivity contribution in [2.24, 2.45) is 0 Å². The Hall–Kier alpha value is -7.28. The summed E-state index contributed by atoms with van der Waals surface area (Å²) in [6, 6.07) is 76.0. The predicted molar refractivity (Wildman–Crippen MR) is 304 cm³/mol. The summed E-state index contributed by atoms with van der Waals surface area (Å²) >= 11 is 0. The fourth-order valence-corrected chi connectivity index (χ4v) is 8.77. The van der Waals surface area contributed by atoms with E-state index in [-0.39, 0.29) is 0 Å². The molecule has 12 aromatic rings. The van der Waals surface area contributed by atoms with Crippen LogP contribution in [0.4, 0.5) is 0 Å². The summed E-state index contributed by atoms with van der Waals surface area (Å²) in [5, 5.41) is 21.3. The molecular weight excluding hydrogens is 805 g/mol. The number of hydrogen-bond acceptors (Lipinski definition) is 0. The maximum atomic E-state index is 2.29. The quantitative estimate of drug-likeness (QED) is 0.133. The Morgan fingerprint density at radius 1 is 0.194 bits per heavy atom. The van der Waals surface area contributed by atoms with Crippen LogP contribution in [0.2, 0.25) is 0 Å². The van der Waals surface area contributed by atoms with Gasteiger partial charge in [-0.15, -0.1) is 0 Å². The molecule has 0 aromatic heterocycles. The normalized spacial score (nSPS) is 10.3. The van der Waals surface area contributed by atoms with Crippen LogP contribution in [0.25, 0.3) is 86.2 Å². The zero-order chi connectivity index (χ0) is 47.9. The summed E-state index contributed by atoms with van der Waals surface area (Å²) in [5.41, 5.74) is 6.80. The van der Waals surface area contributed by atoms with Crippen molar-refractivity contribution in [3.63, 3.8) is 0 Å². The largest absolute Gasteiger partial charge is 0.0683 e. The highest BCUT2D eigenvalue weighted by atomic mass is 14.1. The minimum atomic E-state index is 1.31. The van der Waals surface area contributed by atoms with E-state index >= 15 is 0 Å². The van der Waals surface area contributed by atoms with E-state index in [0.717, 1.165) is 0 Å². The molecule has 0 nitrogen and oxygen atoms in total. The van der Waals surface area contributed by atoms with Gasteiger partial charge in [-0.2, -0.15) is 0 Å². The van der Waals surface area contributed by atoms with Crippen LogP contribution >= 0.6 is 0 Å². The van der Waals surface area contributed by atoms with Gasteiger partial charge in [0.1, 0.15) is 0 Å². The predicted octanol–water partition coefficient (Wildman–Crippen LogP) is 20.6. The summed E-state index contributed by atoms with van der Waals surface area (Å²) < 4.78 is 0. The Morgan fingerprint density at radius 3 is 0.821 bits per heavy atom. The lowest BCUT2D eigenvalue weighted by Gasteiger charge is -2.06. The molecule has 0 radical (unpaired) electrons. The second kappa shape index (κ2) is 23.8. The maximum Gasteiger partial charge on any atom is -0.0148 e. The van der Waals surface area contributed by atoms with E-state index < -0.39 is 0 Å². The molecule has 0 bridgehead atoms. The average molecular weight is 873 g/mol. The Labute approximate surface area is 400 Å². The van der Waals surface area contributed by atoms with E-state index in [4.69, 9.17) is 0 Å². The molecule has 0 heteroatoms. The lowest BCUT2D eigenvalue weighted by atomic mass is 9.98. The minimum Gasteiger partial charge on any atom is -0.0683 e. The van der Waals surface area contributed by atoms with Gasteiger partial charge < -0.3 is 0 Å². The molecule has 0 fully saturated rings. The van der Waals surface area contributed by atoms with Crippen molar-refractivity contribution >= 4 is 86.2 Å². The van der Waals surface area contributed by atoms with Crippen LogP contribution in [0.1, 0.15) is 69.4 Å². The third kappa shape index (κ3) is 11.8. The molecule has 0 aliphatic rings. The molecule has 67 heavy (non-hydrogen) atoms. The molecule has 12 rings (SSSR count). The summed E-state index contributed by atoms with van der Waals surface area (Å²) in [5.74, 6) is 0. The van der Waals surface area contributed by atoms with Crippen molar-refractivity contribution in [3.8, 4) is 0 Å². The summed E-state index contributed by atoms with van der Waals surface area (Å²) in [4.78, 5) is 0. The van der Waals surface area contributed by atoms with Gasteiger partial charge in [0.15, 0.2) is 0 Å². The van der Waals surface area contributed by atoms with Gasteiger partial charge in [-0.05, 0) is 186 Å². The SMILES string of the molecule is CC.CC.CC.Cc1c2ccccc2cc2ccccc12.Cc1cc(C)c2cc3ccccc3cc2c1.Cc1cc2cc3ccccc3cc2cc1C.c1ccc2cc3ccccc3cc2c1. The van der Waals surface area contributed by atoms with E-state index in [1.54, 1.807) is 0 Å². The van der Waals surface area contributed by atoms with Gasteiger partial charge in [0.05, 0.1) is 0 Å². The van der Waals surface area contributed by atoms with Crippen LogP contribution in [-0.2, 0) is 0 Å². The zero-order valence-electron chi connectivity index (χ0n) is 41.7. The summed E-state index contributed by atoms with van der Waals surface area (Å²) in [6.45, 7) is 22.9. The number of benzene rings is 12. The Kier molecular flexibility index (Phi) is 17.4. The van der Waals surface area contributed by atoms with Crippen molar-refractivity contribution in [2.45, 2.75) is 76.2 Å². The molecule has 0 aliphatic heterocycles. The van der Waals surface area contributed by atoms with E-state index in [9.17, 15) is 0 Å². The standard InChI is InChI=1S/2C16H14.C15H12.C14H10.3C2H6/c1-11-7-15-9-13-5-3-4-6-14(13)10-16(15)8-12(11)2;1-11-7-12(2)16-10-14-6-4-3-5-13(14)9-15(16)8-11;1-11-14-8-4-2-6-12(14)10-13-7-3-5-9-15(11)13;1-2-6-12-10-14-8-4-3-7-13(14)9-11(12)5-1;3*1-2/h2*3-10H,1-2H3;2-10H,1H3;1-10H;3*1-2H3. The lowest BCUT2D eigenvalue weighted by Crippen LogP contribution is -1.82. The number of hydrogen-bond donors (Lipinski definition) is 0. The van der Waals surface area contributed by atoms with E-state index in [1.165, 1.54) is 114 Å². The van der Waals surface area contributed by atoms with Gasteiger partial charge in [0.2, 0.25) is 0 Å². The Morgan fingerprint density at radius 2 is 0.463 bits per heavy atom. The Bertz CT molecular complexity index is 3310. The minimum absolute atomic E-state index is 1.31. The van der Waals surface area contributed by atoms with Gasteiger partial charge in [-0.25, -0.2) is 0 Å². The summed E-state index contributed by atoms with van der Waals surface area (Å²) in [7, 11) is 0. The molecule has 0 amide bonds. The van der Waals surface area contributed by atoms with Crippen molar-refractivity contribution in [1.29, 1.82) is 0 Å². The molecule has 0 heterocycles. The van der Waals surface area contributed by atoms with Gasteiger partial charge in [-0.3, -0.25) is 0 Å². The van der Waals surface area contributed by atoms with E-state index in [0.29, 0.717) is 0 Å². The van der Waals surface area contributed by atoms with Crippen LogP contribution in [0.3, 0.4) is 0 Å². The number of fused-ring (bicyclic) bond motifs is 8. The van der Waals surface area contributed by atoms with Crippen LogP contribution in [0.15, 0.2) is 212 Å². The molecule has 0 spiro atoms. The van der Waals surface area contributed by atoms with Gasteiger partial charge in [-0.1, -0.05) is 217 Å². The molecular formula is C67H68. The maximum absolute atomic E-state index is 2.29. The van der Waals surface area contributed by atoms with Crippen molar-refractivity contribution in [2.75, 3.05) is 0 Å². The molecule has 0 N–H and O–H groups in total. The van der Waals surface area contributed by atoms with Gasteiger partial charge >= 0.3 is 0 Å². The van der Waals surface area contributed by atoms with Crippen molar-refractivity contribution in [3.05, 3.63) is 240 Å². The second-order valence-corrected chi connectivity index (χ2v) is 16.5. The highest BCUT2D eigenvalue weighted by molar-refractivity contribution is 6.03. The smallest absolute Gasteiger partial charge is 0.0148 e. The topological polar surface area (TPSA) is 0 Å². The first kappa shape index (κ1) is 49.2. The second-order valence-electron chi connectivity index (χ2n) is 16.5. The molecule has 0 atom stereocenters. The van der Waals surface area contributed by atoms with Crippen LogP contribution in [-0.4, -0.2) is 0 Å². The molecule has 12 aromatic carbocycles. The Balaban J connectivity index is 0.000000142. The van der Waals surface area contributed by atoms with Crippen molar-refractivity contribution in [1.82, 2.24) is 0 Å². The van der Waals surface area contributed by atoms with Crippen LogP contribution in [0.5, 0.6) is 0 Å². The molecule has 0 unspecified atom stereocenters. The van der Waals surface area contributed by atoms with Gasteiger partial charge in [0.25, 0.3) is 0 Å². The van der Waals surface area contributed by atoms with E-state index in [1.807, 2.05) is 41.5 Å². The van der Waals surface area contributed by atoms with Crippen LogP contribution in [0, 0.1) is 34.6 Å². The third-order valence-corrected chi connectivity index (χ3v) is 12.1. The lowest BCUT2D eigenvalue weighted by molar-refractivity contribution is 1.37. The number of aryl methyl sites for hydroxylation is 5. The van der Waals surface area contributed by atoms with E-state index in [2.05, 4.69) is 247 Å². The highest BCUT2D eigenvalue weighted by Crippen LogP contribution is 2.29. The fourth-order valence-electron chi connectivity index (χ4n) is 8.77. The van der Waals surface area contributed by atoms with Crippen LogP contribution < -0.4 is 0 Å². The first-order valence-corrected chi connectivity index (χ1v) is 24.3. The van der Waals surface area contributed by atoms with Gasteiger partial charge in [0, 0.05) is 0 Å². The fraction of sp³-hybridized carbons (Fsp3) is 0.164. The zero-order valence-corrected chi connectivity index (χ0v) is 41.7. The first-order valence-electron chi connectivity index (χ1n) is 24.3. The van der Waals surface area contributed by atoms with Crippen molar-refractivity contribution < 1.29 is 0 Å². The number of rotatable bonds is 0.